The Morgan fingerprint density at radius 1 is 1.29 bits per heavy atom. The van der Waals surface area contributed by atoms with Crippen LogP contribution in [-0.2, 0) is 4.74 Å². The zero-order valence-corrected chi connectivity index (χ0v) is 10.3. The fourth-order valence-electron chi connectivity index (χ4n) is 1.94. The van der Waals surface area contributed by atoms with Crippen LogP contribution in [0.25, 0.3) is 0 Å². The van der Waals surface area contributed by atoms with Crippen molar-refractivity contribution in [1.82, 2.24) is 4.98 Å². The first-order valence-corrected chi connectivity index (χ1v) is 6.06. The Hall–Kier alpha value is -1.77. The van der Waals surface area contributed by atoms with Gasteiger partial charge in [0.1, 0.15) is 5.76 Å². The summed E-state index contributed by atoms with van der Waals surface area (Å²) < 4.78 is 5.54. The lowest BCUT2D eigenvalue weighted by Gasteiger charge is -2.31. The van der Waals surface area contributed by atoms with Crippen LogP contribution >= 0.6 is 0 Å². The van der Waals surface area contributed by atoms with Gasteiger partial charge in [0.15, 0.2) is 0 Å². The maximum atomic E-state index is 5.54. The van der Waals surface area contributed by atoms with Gasteiger partial charge in [0.2, 0.25) is 0 Å². The Labute approximate surface area is 102 Å². The van der Waals surface area contributed by atoms with Crippen molar-refractivity contribution < 1.29 is 4.74 Å². The molecule has 0 spiro atoms. The van der Waals surface area contributed by atoms with Gasteiger partial charge in [-0.1, -0.05) is 13.0 Å². The van der Waals surface area contributed by atoms with Crippen molar-refractivity contribution in [1.29, 1.82) is 0 Å². The average Bonchev–Trinajstić information content (AvgIpc) is 2.40. The van der Waals surface area contributed by atoms with Gasteiger partial charge < -0.3 is 9.64 Å². The van der Waals surface area contributed by atoms with E-state index in [9.17, 15) is 0 Å². The highest BCUT2D eigenvalue weighted by atomic mass is 16.5. The van der Waals surface area contributed by atoms with Crippen molar-refractivity contribution in [2.45, 2.75) is 26.3 Å². The number of aromatic nitrogens is 1. The van der Waals surface area contributed by atoms with Gasteiger partial charge in [0.25, 0.3) is 0 Å². The average molecular weight is 230 g/mol. The van der Waals surface area contributed by atoms with Gasteiger partial charge in [0.05, 0.1) is 12.6 Å². The molecule has 1 aliphatic heterocycles. The van der Waals surface area contributed by atoms with Gasteiger partial charge in [-0.05, 0) is 31.6 Å². The van der Waals surface area contributed by atoms with E-state index in [2.05, 4.69) is 35.2 Å². The SMILES string of the molecule is CCOC1=CN(c2ccncc2)C(CC)C=C1. The van der Waals surface area contributed by atoms with Crippen molar-refractivity contribution >= 4 is 5.69 Å². The predicted molar refractivity (Wildman–Crippen MR) is 69.6 cm³/mol. The summed E-state index contributed by atoms with van der Waals surface area (Å²) in [5, 5.41) is 0. The smallest absolute Gasteiger partial charge is 0.135 e. The lowest BCUT2D eigenvalue weighted by molar-refractivity contribution is 0.239. The van der Waals surface area contributed by atoms with Crippen LogP contribution in [-0.4, -0.2) is 17.6 Å². The normalized spacial score (nSPS) is 19.1. The van der Waals surface area contributed by atoms with Crippen LogP contribution in [0, 0.1) is 0 Å². The quantitative estimate of drug-likeness (QED) is 0.794. The van der Waals surface area contributed by atoms with Crippen LogP contribution in [0.5, 0.6) is 0 Å². The number of ether oxygens (including phenoxy) is 1. The number of hydrogen-bond acceptors (Lipinski definition) is 3. The zero-order valence-electron chi connectivity index (χ0n) is 10.3. The number of nitrogens with zero attached hydrogens (tertiary/aromatic N) is 2. The number of rotatable bonds is 4. The Kier molecular flexibility index (Phi) is 3.81. The zero-order chi connectivity index (χ0) is 12.1. The van der Waals surface area contributed by atoms with E-state index in [0.717, 1.165) is 17.9 Å². The summed E-state index contributed by atoms with van der Waals surface area (Å²) in [6.07, 6.45) is 11.0. The standard InChI is InChI=1S/C14H18N2O/c1-3-12-5-6-14(17-4-2)11-16(12)13-7-9-15-10-8-13/h5-12H,3-4H2,1-2H3. The van der Waals surface area contributed by atoms with Crippen LogP contribution in [0.3, 0.4) is 0 Å². The Bertz CT molecular complexity index is 411. The third-order valence-electron chi connectivity index (χ3n) is 2.80. The molecule has 0 radical (unpaired) electrons. The summed E-state index contributed by atoms with van der Waals surface area (Å²) >= 11 is 0. The molecule has 0 fully saturated rings. The first-order valence-electron chi connectivity index (χ1n) is 6.06. The third-order valence-corrected chi connectivity index (χ3v) is 2.80. The molecule has 1 aromatic rings. The molecule has 0 saturated heterocycles. The van der Waals surface area contributed by atoms with Gasteiger partial charge in [-0.2, -0.15) is 0 Å². The summed E-state index contributed by atoms with van der Waals surface area (Å²) in [6.45, 7) is 4.87. The molecule has 0 aromatic carbocycles. The van der Waals surface area contributed by atoms with Gasteiger partial charge in [-0.3, -0.25) is 4.98 Å². The van der Waals surface area contributed by atoms with E-state index < -0.39 is 0 Å². The molecule has 3 heteroatoms. The highest BCUT2D eigenvalue weighted by Gasteiger charge is 2.17. The van der Waals surface area contributed by atoms with Crippen LogP contribution in [0.4, 0.5) is 5.69 Å². The van der Waals surface area contributed by atoms with Crippen LogP contribution < -0.4 is 4.90 Å². The Morgan fingerprint density at radius 2 is 2.06 bits per heavy atom. The maximum Gasteiger partial charge on any atom is 0.135 e. The topological polar surface area (TPSA) is 25.4 Å². The molecule has 1 unspecified atom stereocenters. The van der Waals surface area contributed by atoms with E-state index in [0.29, 0.717) is 12.6 Å². The minimum absolute atomic E-state index is 0.390. The summed E-state index contributed by atoms with van der Waals surface area (Å²) in [4.78, 5) is 6.28. The summed E-state index contributed by atoms with van der Waals surface area (Å²) in [5.41, 5.74) is 1.15. The van der Waals surface area contributed by atoms with E-state index in [1.807, 2.05) is 31.5 Å². The second-order valence-corrected chi connectivity index (χ2v) is 3.91. The summed E-state index contributed by atoms with van der Waals surface area (Å²) in [6, 6.07) is 4.42. The van der Waals surface area contributed by atoms with E-state index in [4.69, 9.17) is 4.74 Å². The lowest BCUT2D eigenvalue weighted by atomic mass is 10.1. The molecule has 0 amide bonds. The lowest BCUT2D eigenvalue weighted by Crippen LogP contribution is -2.31. The number of hydrogen-bond donors (Lipinski definition) is 0. The van der Waals surface area contributed by atoms with Crippen molar-refractivity contribution in [3.8, 4) is 0 Å². The number of pyridine rings is 1. The minimum Gasteiger partial charge on any atom is -0.492 e. The van der Waals surface area contributed by atoms with Gasteiger partial charge in [0, 0.05) is 24.3 Å². The highest BCUT2D eigenvalue weighted by Crippen LogP contribution is 2.24. The van der Waals surface area contributed by atoms with Crippen LogP contribution in [0.2, 0.25) is 0 Å². The second-order valence-electron chi connectivity index (χ2n) is 3.91. The molecule has 0 aliphatic carbocycles. The molecule has 90 valence electrons. The monoisotopic (exact) mass is 230 g/mol. The second kappa shape index (κ2) is 5.53. The third kappa shape index (κ3) is 2.67. The molecule has 17 heavy (non-hydrogen) atoms. The first kappa shape index (κ1) is 11.7. The van der Waals surface area contributed by atoms with Crippen LogP contribution in [0.15, 0.2) is 48.6 Å². The Balaban J connectivity index is 2.25. The minimum atomic E-state index is 0.390. The molecule has 3 nitrogen and oxygen atoms in total. The summed E-state index contributed by atoms with van der Waals surface area (Å²) in [7, 11) is 0. The molecule has 2 rings (SSSR count). The number of anilines is 1. The van der Waals surface area contributed by atoms with Gasteiger partial charge in [-0.25, -0.2) is 0 Å². The van der Waals surface area contributed by atoms with Gasteiger partial charge in [-0.15, -0.1) is 0 Å². The van der Waals surface area contributed by atoms with Crippen molar-refractivity contribution in [2.75, 3.05) is 11.5 Å². The molecule has 2 heterocycles. The molecule has 1 aromatic heterocycles. The van der Waals surface area contributed by atoms with E-state index in [1.165, 1.54) is 0 Å². The molecule has 1 aliphatic rings. The fraction of sp³-hybridized carbons (Fsp3) is 0.357. The number of allylic oxidation sites excluding steroid dienone is 1. The molecule has 1 atom stereocenters. The summed E-state index contributed by atoms with van der Waals surface area (Å²) in [5.74, 6) is 0.911. The molecule has 0 bridgehead atoms. The Morgan fingerprint density at radius 3 is 2.71 bits per heavy atom. The molecular formula is C14H18N2O. The predicted octanol–water partition coefficient (Wildman–Crippen LogP) is 3.11. The fourth-order valence-corrected chi connectivity index (χ4v) is 1.94. The van der Waals surface area contributed by atoms with Crippen molar-refractivity contribution in [3.05, 3.63) is 48.6 Å². The van der Waals surface area contributed by atoms with E-state index in [-0.39, 0.29) is 0 Å². The molecule has 0 saturated carbocycles. The largest absolute Gasteiger partial charge is 0.492 e. The molecular weight excluding hydrogens is 212 g/mol. The van der Waals surface area contributed by atoms with Gasteiger partial charge >= 0.3 is 0 Å². The van der Waals surface area contributed by atoms with Crippen molar-refractivity contribution in [3.63, 3.8) is 0 Å². The van der Waals surface area contributed by atoms with Crippen molar-refractivity contribution in [2.24, 2.45) is 0 Å². The van der Waals surface area contributed by atoms with E-state index >= 15 is 0 Å². The highest BCUT2D eigenvalue weighted by molar-refractivity contribution is 5.52. The van der Waals surface area contributed by atoms with E-state index in [1.54, 1.807) is 0 Å². The maximum absolute atomic E-state index is 5.54. The van der Waals surface area contributed by atoms with Crippen LogP contribution in [0.1, 0.15) is 20.3 Å². The first-order chi connectivity index (χ1) is 8.35. The molecule has 0 N–H and O–H groups in total.